The maximum absolute atomic E-state index is 6.22. The van der Waals surface area contributed by atoms with Crippen LogP contribution in [0.2, 0.25) is 0 Å². The van der Waals surface area contributed by atoms with Gasteiger partial charge in [0, 0.05) is 0 Å². The summed E-state index contributed by atoms with van der Waals surface area (Å²) >= 11 is 0. The van der Waals surface area contributed by atoms with E-state index in [-0.39, 0.29) is 6.61 Å². The number of hydrogen-bond donors (Lipinski definition) is 1. The molecule has 0 aliphatic heterocycles. The van der Waals surface area contributed by atoms with Crippen LogP contribution in [0.5, 0.6) is 11.5 Å². The van der Waals surface area contributed by atoms with Crippen LogP contribution in [0.15, 0.2) is 59.1 Å². The van der Waals surface area contributed by atoms with Gasteiger partial charge in [0.15, 0.2) is 23.9 Å². The van der Waals surface area contributed by atoms with Gasteiger partial charge in [0.25, 0.3) is 5.89 Å². The Balaban J connectivity index is 1.39. The second-order valence-electron chi connectivity index (χ2n) is 6.53. The summed E-state index contributed by atoms with van der Waals surface area (Å²) in [5.41, 5.74) is 6.88. The number of nitrogens with two attached hydrogens (primary N) is 1. The summed E-state index contributed by atoms with van der Waals surface area (Å²) < 4.78 is 17.0. The zero-order valence-electron chi connectivity index (χ0n) is 14.4. The lowest BCUT2D eigenvalue weighted by atomic mass is 9.77. The van der Waals surface area contributed by atoms with Gasteiger partial charge in [0.05, 0.1) is 5.54 Å². The maximum Gasteiger partial charge on any atom is 0.264 e. The van der Waals surface area contributed by atoms with E-state index in [0.717, 1.165) is 24.8 Å². The van der Waals surface area contributed by atoms with Crippen molar-refractivity contribution in [2.75, 3.05) is 0 Å². The summed E-state index contributed by atoms with van der Waals surface area (Å²) in [6, 6.07) is 17.5. The van der Waals surface area contributed by atoms with Crippen LogP contribution >= 0.6 is 0 Å². The van der Waals surface area contributed by atoms with Crippen LogP contribution in [0.1, 0.15) is 36.5 Å². The maximum atomic E-state index is 6.22. The van der Waals surface area contributed by atoms with E-state index >= 15 is 0 Å². The average Bonchev–Trinajstić information content (AvgIpc) is 3.13. The molecule has 1 aromatic heterocycles. The highest BCUT2D eigenvalue weighted by Gasteiger charge is 2.39. The summed E-state index contributed by atoms with van der Waals surface area (Å²) in [5.74, 6) is 2.28. The molecule has 0 amide bonds. The van der Waals surface area contributed by atoms with Crippen molar-refractivity contribution in [2.45, 2.75) is 38.0 Å². The van der Waals surface area contributed by atoms with Crippen molar-refractivity contribution in [3.05, 3.63) is 71.9 Å². The Kier molecular flexibility index (Phi) is 4.58. The first kappa shape index (κ1) is 16.6. The topological polar surface area (TPSA) is 83.4 Å². The first-order valence-electron chi connectivity index (χ1n) is 8.73. The Labute approximate surface area is 151 Å². The minimum absolute atomic E-state index is 0.175. The zero-order valence-corrected chi connectivity index (χ0v) is 14.4. The number of ether oxygens (including phenoxy) is 2. The molecule has 1 saturated carbocycles. The van der Waals surface area contributed by atoms with Gasteiger partial charge in [0.2, 0.25) is 0 Å². The van der Waals surface area contributed by atoms with Gasteiger partial charge in [-0.3, -0.25) is 0 Å². The van der Waals surface area contributed by atoms with E-state index in [4.69, 9.17) is 19.7 Å². The molecule has 0 radical (unpaired) electrons. The first-order chi connectivity index (χ1) is 12.7. The third-order valence-electron chi connectivity index (χ3n) is 4.60. The summed E-state index contributed by atoms with van der Waals surface area (Å²) in [5, 5.41) is 4.00. The molecule has 1 aliphatic rings. The summed E-state index contributed by atoms with van der Waals surface area (Å²) in [6.07, 6.45) is 2.88. The predicted molar refractivity (Wildman–Crippen MR) is 95.6 cm³/mol. The Bertz CT molecular complexity index is 860. The van der Waals surface area contributed by atoms with Gasteiger partial charge in [-0.25, -0.2) is 0 Å². The van der Waals surface area contributed by atoms with Crippen molar-refractivity contribution in [3.63, 3.8) is 0 Å². The van der Waals surface area contributed by atoms with Crippen molar-refractivity contribution in [1.29, 1.82) is 0 Å². The SMILES string of the molecule is NC1(c2noc(COc3ccccc3OCc3ccccc3)n2)CCC1. The van der Waals surface area contributed by atoms with Gasteiger partial charge >= 0.3 is 0 Å². The lowest BCUT2D eigenvalue weighted by molar-refractivity contribution is 0.216. The highest BCUT2D eigenvalue weighted by atomic mass is 16.5. The number of hydrogen-bond acceptors (Lipinski definition) is 6. The fourth-order valence-electron chi connectivity index (χ4n) is 2.86. The minimum atomic E-state index is -0.432. The molecule has 1 heterocycles. The van der Waals surface area contributed by atoms with Crippen LogP contribution in [0.25, 0.3) is 0 Å². The van der Waals surface area contributed by atoms with E-state index in [2.05, 4.69) is 10.1 Å². The van der Waals surface area contributed by atoms with Gasteiger partial charge in [-0.2, -0.15) is 4.98 Å². The molecular formula is C20H21N3O3. The number of rotatable bonds is 7. The largest absolute Gasteiger partial charge is 0.485 e. The third kappa shape index (κ3) is 3.55. The molecule has 0 atom stereocenters. The summed E-state index contributed by atoms with van der Waals surface area (Å²) in [7, 11) is 0. The number of benzene rings is 2. The molecule has 1 fully saturated rings. The van der Waals surface area contributed by atoms with E-state index in [1.54, 1.807) is 0 Å². The van der Waals surface area contributed by atoms with E-state index in [9.17, 15) is 0 Å². The molecule has 6 heteroatoms. The molecule has 3 aromatic rings. The highest BCUT2D eigenvalue weighted by molar-refractivity contribution is 5.39. The Morgan fingerprint density at radius 3 is 2.23 bits per heavy atom. The van der Waals surface area contributed by atoms with Crippen molar-refractivity contribution < 1.29 is 14.0 Å². The van der Waals surface area contributed by atoms with Crippen LogP contribution in [-0.2, 0) is 18.8 Å². The lowest BCUT2D eigenvalue weighted by Gasteiger charge is -2.34. The second-order valence-corrected chi connectivity index (χ2v) is 6.53. The normalized spacial score (nSPS) is 15.3. The van der Waals surface area contributed by atoms with Crippen molar-refractivity contribution >= 4 is 0 Å². The van der Waals surface area contributed by atoms with Gasteiger partial charge in [-0.15, -0.1) is 0 Å². The number of aromatic nitrogens is 2. The smallest absolute Gasteiger partial charge is 0.264 e. The molecule has 134 valence electrons. The second kappa shape index (κ2) is 7.17. The number of para-hydroxylation sites is 2. The van der Waals surface area contributed by atoms with E-state index in [0.29, 0.717) is 29.8 Å². The van der Waals surface area contributed by atoms with Crippen LogP contribution in [-0.4, -0.2) is 10.1 Å². The quantitative estimate of drug-likeness (QED) is 0.701. The summed E-state index contributed by atoms with van der Waals surface area (Å²) in [6.45, 7) is 0.649. The van der Waals surface area contributed by atoms with Crippen molar-refractivity contribution in [2.24, 2.45) is 5.73 Å². The predicted octanol–water partition coefficient (Wildman–Crippen LogP) is 3.57. The molecule has 4 rings (SSSR count). The standard InChI is InChI=1S/C20H21N3O3/c21-20(11-6-12-20)19-22-18(26-23-19)14-25-17-10-5-4-9-16(17)24-13-15-7-2-1-3-8-15/h1-5,7-10H,6,11-14,21H2. The molecule has 0 unspecified atom stereocenters. The van der Waals surface area contributed by atoms with Crippen molar-refractivity contribution in [3.8, 4) is 11.5 Å². The molecule has 0 saturated heterocycles. The van der Waals surface area contributed by atoms with Crippen LogP contribution in [0.4, 0.5) is 0 Å². The average molecular weight is 351 g/mol. The van der Waals surface area contributed by atoms with Crippen LogP contribution in [0.3, 0.4) is 0 Å². The molecule has 0 spiro atoms. The fourth-order valence-corrected chi connectivity index (χ4v) is 2.86. The molecule has 1 aliphatic carbocycles. The lowest BCUT2D eigenvalue weighted by Crippen LogP contribution is -2.44. The van der Waals surface area contributed by atoms with E-state index in [1.807, 2.05) is 54.6 Å². The van der Waals surface area contributed by atoms with E-state index in [1.165, 1.54) is 0 Å². The highest BCUT2D eigenvalue weighted by Crippen LogP contribution is 2.37. The molecular weight excluding hydrogens is 330 g/mol. The van der Waals surface area contributed by atoms with Gasteiger partial charge in [0.1, 0.15) is 6.61 Å². The zero-order chi connectivity index (χ0) is 17.8. The minimum Gasteiger partial charge on any atom is -0.485 e. The molecule has 0 bridgehead atoms. The third-order valence-corrected chi connectivity index (χ3v) is 4.60. The Morgan fingerprint density at radius 2 is 1.58 bits per heavy atom. The van der Waals surface area contributed by atoms with Crippen LogP contribution < -0.4 is 15.2 Å². The van der Waals surface area contributed by atoms with Crippen LogP contribution in [0, 0.1) is 0 Å². The van der Waals surface area contributed by atoms with Gasteiger partial charge in [-0.05, 0) is 37.0 Å². The van der Waals surface area contributed by atoms with Gasteiger partial charge in [-0.1, -0.05) is 47.6 Å². The Hall–Kier alpha value is -2.86. The molecule has 2 aromatic carbocycles. The molecule has 6 nitrogen and oxygen atoms in total. The first-order valence-corrected chi connectivity index (χ1v) is 8.73. The Morgan fingerprint density at radius 1 is 0.923 bits per heavy atom. The molecule has 2 N–H and O–H groups in total. The summed E-state index contributed by atoms with van der Waals surface area (Å²) in [4.78, 5) is 4.37. The molecule has 26 heavy (non-hydrogen) atoms. The number of nitrogens with zero attached hydrogens (tertiary/aromatic N) is 2. The fraction of sp³-hybridized carbons (Fsp3) is 0.300. The van der Waals surface area contributed by atoms with Gasteiger partial charge < -0.3 is 19.7 Å². The van der Waals surface area contributed by atoms with E-state index < -0.39 is 5.54 Å². The monoisotopic (exact) mass is 351 g/mol. The van der Waals surface area contributed by atoms with Crippen molar-refractivity contribution in [1.82, 2.24) is 10.1 Å².